The molecule has 1 heterocycles. The smallest absolute Gasteiger partial charge is 0.416 e. The largest absolute Gasteiger partial charge is 0.465 e. The van der Waals surface area contributed by atoms with Gasteiger partial charge in [-0.3, -0.25) is 4.79 Å². The molecule has 0 saturated carbocycles. The molecule has 22 heavy (non-hydrogen) atoms. The number of rotatable bonds is 4. The van der Waals surface area contributed by atoms with Crippen molar-refractivity contribution in [3.05, 3.63) is 65.6 Å². The van der Waals surface area contributed by atoms with Crippen LogP contribution in [0.3, 0.4) is 0 Å². The zero-order chi connectivity index (χ0) is 16.0. The SMILES string of the molecule is O=C(N/N=C/C=C/c1ccco1)c1cccc(C(F)(F)F)c1. The quantitative estimate of drug-likeness (QED) is 0.691. The van der Waals surface area contributed by atoms with Gasteiger partial charge in [0, 0.05) is 11.8 Å². The summed E-state index contributed by atoms with van der Waals surface area (Å²) in [6.07, 6.45) is 1.43. The molecule has 0 radical (unpaired) electrons. The third kappa shape index (κ3) is 4.34. The summed E-state index contributed by atoms with van der Waals surface area (Å²) < 4.78 is 42.6. The van der Waals surface area contributed by atoms with Crippen molar-refractivity contribution >= 4 is 18.2 Å². The number of hydrogen-bond donors (Lipinski definition) is 1. The van der Waals surface area contributed by atoms with Crippen molar-refractivity contribution in [3.63, 3.8) is 0 Å². The van der Waals surface area contributed by atoms with Crippen molar-refractivity contribution in [2.45, 2.75) is 6.18 Å². The lowest BCUT2D eigenvalue weighted by Crippen LogP contribution is -2.18. The molecule has 0 aliphatic rings. The third-order valence-corrected chi connectivity index (χ3v) is 2.58. The first-order chi connectivity index (χ1) is 10.5. The van der Waals surface area contributed by atoms with E-state index in [9.17, 15) is 18.0 Å². The van der Waals surface area contributed by atoms with Gasteiger partial charge in [0.05, 0.1) is 11.8 Å². The number of carbonyl (C=O) groups is 1. The van der Waals surface area contributed by atoms with E-state index >= 15 is 0 Å². The molecule has 1 aromatic heterocycles. The fraction of sp³-hybridized carbons (Fsp3) is 0.0667. The molecule has 2 rings (SSSR count). The van der Waals surface area contributed by atoms with Gasteiger partial charge in [0.25, 0.3) is 5.91 Å². The van der Waals surface area contributed by atoms with Gasteiger partial charge < -0.3 is 4.42 Å². The Hall–Kier alpha value is -2.83. The van der Waals surface area contributed by atoms with Gasteiger partial charge in [-0.1, -0.05) is 6.07 Å². The molecule has 4 nitrogen and oxygen atoms in total. The Balaban J connectivity index is 1.95. The highest BCUT2D eigenvalue weighted by molar-refractivity contribution is 5.94. The Bertz CT molecular complexity index is 689. The number of nitrogens with one attached hydrogen (secondary N) is 1. The van der Waals surface area contributed by atoms with E-state index in [2.05, 4.69) is 10.5 Å². The van der Waals surface area contributed by atoms with E-state index in [1.165, 1.54) is 24.6 Å². The zero-order valence-electron chi connectivity index (χ0n) is 11.2. The highest BCUT2D eigenvalue weighted by atomic mass is 19.4. The Morgan fingerprint density at radius 2 is 2.05 bits per heavy atom. The van der Waals surface area contributed by atoms with Gasteiger partial charge in [0.1, 0.15) is 5.76 Å². The van der Waals surface area contributed by atoms with Crippen LogP contribution < -0.4 is 5.43 Å². The number of carbonyl (C=O) groups excluding carboxylic acids is 1. The summed E-state index contributed by atoms with van der Waals surface area (Å²) in [6, 6.07) is 7.55. The molecule has 0 bridgehead atoms. The molecule has 1 aromatic carbocycles. The minimum absolute atomic E-state index is 0.123. The molecule has 1 amide bonds. The molecule has 0 spiro atoms. The van der Waals surface area contributed by atoms with Crippen molar-refractivity contribution < 1.29 is 22.4 Å². The van der Waals surface area contributed by atoms with Gasteiger partial charge in [0.15, 0.2) is 0 Å². The molecular weight excluding hydrogens is 297 g/mol. The number of hydrogen-bond acceptors (Lipinski definition) is 3. The van der Waals surface area contributed by atoms with Crippen LogP contribution in [0.25, 0.3) is 6.08 Å². The number of allylic oxidation sites excluding steroid dienone is 1. The van der Waals surface area contributed by atoms with E-state index in [0.29, 0.717) is 5.76 Å². The van der Waals surface area contributed by atoms with Crippen LogP contribution in [-0.4, -0.2) is 12.1 Å². The van der Waals surface area contributed by atoms with Crippen molar-refractivity contribution in [2.75, 3.05) is 0 Å². The second-order valence-corrected chi connectivity index (χ2v) is 4.17. The molecule has 0 aliphatic heterocycles. The summed E-state index contributed by atoms with van der Waals surface area (Å²) >= 11 is 0. The second kappa shape index (κ2) is 6.75. The van der Waals surface area contributed by atoms with Gasteiger partial charge in [-0.2, -0.15) is 18.3 Å². The summed E-state index contributed by atoms with van der Waals surface area (Å²) in [4.78, 5) is 11.7. The minimum Gasteiger partial charge on any atom is -0.465 e. The van der Waals surface area contributed by atoms with Gasteiger partial charge in [-0.25, -0.2) is 5.43 Å². The predicted octanol–water partition coefficient (Wildman–Crippen LogP) is 3.73. The highest BCUT2D eigenvalue weighted by Crippen LogP contribution is 2.29. The number of hydrazone groups is 1. The molecule has 1 N–H and O–H groups in total. The number of furan rings is 1. The maximum atomic E-state index is 12.5. The predicted molar refractivity (Wildman–Crippen MR) is 75.1 cm³/mol. The van der Waals surface area contributed by atoms with E-state index < -0.39 is 17.6 Å². The number of halogens is 3. The average molecular weight is 308 g/mol. The van der Waals surface area contributed by atoms with Gasteiger partial charge in [-0.15, -0.1) is 0 Å². The monoisotopic (exact) mass is 308 g/mol. The lowest BCUT2D eigenvalue weighted by Gasteiger charge is -2.07. The first kappa shape index (κ1) is 15.6. The normalized spacial score (nSPS) is 12.1. The number of benzene rings is 1. The summed E-state index contributed by atoms with van der Waals surface area (Å²) in [7, 11) is 0. The van der Waals surface area contributed by atoms with Crippen LogP contribution in [0, 0.1) is 0 Å². The number of amides is 1. The van der Waals surface area contributed by atoms with Gasteiger partial charge in [-0.05, 0) is 42.5 Å². The molecule has 7 heteroatoms. The highest BCUT2D eigenvalue weighted by Gasteiger charge is 2.30. The molecule has 0 fully saturated rings. The van der Waals surface area contributed by atoms with Crippen LogP contribution in [0.5, 0.6) is 0 Å². The summed E-state index contributed by atoms with van der Waals surface area (Å²) in [6.45, 7) is 0. The molecule has 0 aliphatic carbocycles. The van der Waals surface area contributed by atoms with Crippen LogP contribution in [0.4, 0.5) is 13.2 Å². The molecular formula is C15H11F3N2O2. The van der Waals surface area contributed by atoms with Crippen molar-refractivity contribution in [2.24, 2.45) is 5.10 Å². The van der Waals surface area contributed by atoms with E-state index in [0.717, 1.165) is 18.2 Å². The maximum absolute atomic E-state index is 12.5. The van der Waals surface area contributed by atoms with Crippen LogP contribution in [0.2, 0.25) is 0 Å². The zero-order valence-corrected chi connectivity index (χ0v) is 11.2. The van der Waals surface area contributed by atoms with Crippen LogP contribution in [-0.2, 0) is 6.18 Å². The third-order valence-electron chi connectivity index (χ3n) is 2.58. The number of nitrogens with zero attached hydrogens (tertiary/aromatic N) is 1. The lowest BCUT2D eigenvalue weighted by molar-refractivity contribution is -0.137. The summed E-state index contributed by atoms with van der Waals surface area (Å²) in [5.74, 6) is -0.121. The van der Waals surface area contributed by atoms with E-state index in [1.54, 1.807) is 18.2 Å². The Morgan fingerprint density at radius 1 is 1.23 bits per heavy atom. The molecule has 0 unspecified atom stereocenters. The van der Waals surface area contributed by atoms with Crippen molar-refractivity contribution in [3.8, 4) is 0 Å². The minimum atomic E-state index is -4.49. The van der Waals surface area contributed by atoms with E-state index in [4.69, 9.17) is 4.42 Å². The van der Waals surface area contributed by atoms with Crippen molar-refractivity contribution in [1.29, 1.82) is 0 Å². The lowest BCUT2D eigenvalue weighted by atomic mass is 10.1. The fourth-order valence-electron chi connectivity index (χ4n) is 1.56. The Kier molecular flexibility index (Phi) is 4.77. The van der Waals surface area contributed by atoms with E-state index in [1.807, 2.05) is 0 Å². The average Bonchev–Trinajstić information content (AvgIpc) is 2.99. The topological polar surface area (TPSA) is 54.6 Å². The first-order valence-electron chi connectivity index (χ1n) is 6.17. The Labute approximate surface area is 123 Å². The molecule has 2 aromatic rings. The van der Waals surface area contributed by atoms with Crippen molar-refractivity contribution in [1.82, 2.24) is 5.43 Å². The summed E-state index contributed by atoms with van der Waals surface area (Å²) in [5.41, 5.74) is 1.13. The van der Waals surface area contributed by atoms with Gasteiger partial charge in [0.2, 0.25) is 0 Å². The molecule has 0 atom stereocenters. The van der Waals surface area contributed by atoms with Crippen LogP contribution >= 0.6 is 0 Å². The summed E-state index contributed by atoms with van der Waals surface area (Å²) in [5, 5.41) is 3.60. The molecule has 114 valence electrons. The fourth-order valence-corrected chi connectivity index (χ4v) is 1.56. The first-order valence-corrected chi connectivity index (χ1v) is 6.17. The van der Waals surface area contributed by atoms with Gasteiger partial charge >= 0.3 is 6.18 Å². The molecule has 0 saturated heterocycles. The standard InChI is InChI=1S/C15H11F3N2O2/c16-15(17,18)12-5-1-4-11(10-12)14(21)20-19-8-2-6-13-7-3-9-22-13/h1-10H,(H,20,21)/b6-2+,19-8+. The number of alkyl halides is 3. The second-order valence-electron chi connectivity index (χ2n) is 4.17. The van der Waals surface area contributed by atoms with E-state index in [-0.39, 0.29) is 5.56 Å². The van der Waals surface area contributed by atoms with Crippen LogP contribution in [0.1, 0.15) is 21.7 Å². The van der Waals surface area contributed by atoms with Crippen LogP contribution in [0.15, 0.2) is 58.3 Å². The Morgan fingerprint density at radius 3 is 2.73 bits per heavy atom. The maximum Gasteiger partial charge on any atom is 0.416 e.